The number of aliphatic hydroxyl groups is 1. The molecule has 1 N–H and O–H groups in total. The van der Waals surface area contributed by atoms with E-state index < -0.39 is 6.10 Å². The largest absolute Gasteiger partial charge is 0.444 e. The second kappa shape index (κ2) is 4.72. The normalized spacial score (nSPS) is 18.8. The van der Waals surface area contributed by atoms with Gasteiger partial charge >= 0.3 is 0 Å². The molecule has 0 bridgehead atoms. The van der Waals surface area contributed by atoms with E-state index in [1.807, 2.05) is 11.0 Å². The summed E-state index contributed by atoms with van der Waals surface area (Å²) in [6, 6.07) is 5.44. The minimum absolute atomic E-state index is 0.205. The topological polar surface area (TPSA) is 86.4 Å². The maximum absolute atomic E-state index is 9.54. The fraction of sp³-hybridized carbons (Fsp3) is 0.333. The minimum atomic E-state index is -0.391. The van der Waals surface area contributed by atoms with E-state index in [9.17, 15) is 5.11 Å². The Kier molecular flexibility index (Phi) is 3.05. The van der Waals surface area contributed by atoms with Gasteiger partial charge in [-0.25, -0.2) is 0 Å². The lowest BCUT2D eigenvalue weighted by atomic mass is 10.3. The molecule has 1 aliphatic heterocycles. The number of anilines is 1. The third-order valence-electron chi connectivity index (χ3n) is 2.95. The fourth-order valence-electron chi connectivity index (χ4n) is 2.06. The molecule has 6 nitrogen and oxygen atoms in total. The maximum Gasteiger partial charge on any atom is 0.266 e. The molecule has 1 aliphatic rings. The molecule has 0 saturated carbocycles. The van der Waals surface area contributed by atoms with Crippen LogP contribution in [0.5, 0.6) is 0 Å². The lowest BCUT2D eigenvalue weighted by Crippen LogP contribution is -2.21. The van der Waals surface area contributed by atoms with E-state index >= 15 is 0 Å². The number of hydrogen-bond donors (Lipinski definition) is 1. The summed E-state index contributed by atoms with van der Waals surface area (Å²) in [6.45, 7) is 1.09. The Bertz CT molecular complexity index is 643. The van der Waals surface area contributed by atoms with Crippen LogP contribution in [0.2, 0.25) is 0 Å². The van der Waals surface area contributed by atoms with Gasteiger partial charge in [0.05, 0.1) is 6.10 Å². The van der Waals surface area contributed by atoms with Gasteiger partial charge in [-0.15, -0.1) is 0 Å². The van der Waals surface area contributed by atoms with Crippen LogP contribution in [0.25, 0.3) is 11.7 Å². The third kappa shape index (κ3) is 2.25. The van der Waals surface area contributed by atoms with Crippen molar-refractivity contribution in [1.29, 1.82) is 5.26 Å². The second-order valence-electron chi connectivity index (χ2n) is 4.28. The van der Waals surface area contributed by atoms with Gasteiger partial charge in [-0.2, -0.15) is 10.2 Å². The highest BCUT2D eigenvalue weighted by Gasteiger charge is 2.27. The summed E-state index contributed by atoms with van der Waals surface area (Å²) in [4.78, 5) is 5.93. The highest BCUT2D eigenvalue weighted by atomic mass is 79.9. The number of aliphatic hydroxyl groups excluding tert-OH is 1. The zero-order valence-corrected chi connectivity index (χ0v) is 11.4. The van der Waals surface area contributed by atoms with Gasteiger partial charge in [-0.05, 0) is 34.5 Å². The van der Waals surface area contributed by atoms with E-state index in [0.717, 1.165) is 0 Å². The molecule has 98 valence electrons. The lowest BCUT2D eigenvalue weighted by Gasteiger charge is -2.12. The first-order valence-corrected chi connectivity index (χ1v) is 6.56. The van der Waals surface area contributed by atoms with Gasteiger partial charge in [0, 0.05) is 13.1 Å². The van der Waals surface area contributed by atoms with Crippen molar-refractivity contribution < 1.29 is 13.9 Å². The molecule has 1 fully saturated rings. The summed E-state index contributed by atoms with van der Waals surface area (Å²) in [5, 5.41) is 18.6. The molecular weight excluding hydrogens is 314 g/mol. The molecule has 0 aliphatic carbocycles. The van der Waals surface area contributed by atoms with E-state index in [2.05, 4.69) is 20.9 Å². The van der Waals surface area contributed by atoms with Gasteiger partial charge in [-0.1, -0.05) is 0 Å². The second-order valence-corrected chi connectivity index (χ2v) is 5.06. The highest BCUT2D eigenvalue weighted by Crippen LogP contribution is 2.31. The van der Waals surface area contributed by atoms with Crippen molar-refractivity contribution in [2.24, 2.45) is 0 Å². The van der Waals surface area contributed by atoms with Crippen molar-refractivity contribution in [2.45, 2.75) is 12.5 Å². The van der Waals surface area contributed by atoms with Gasteiger partial charge in [-0.3, -0.25) is 0 Å². The number of oxazole rings is 1. The number of hydrogen-bond acceptors (Lipinski definition) is 6. The Morgan fingerprint density at radius 1 is 1.47 bits per heavy atom. The Labute approximate surface area is 117 Å². The molecule has 0 spiro atoms. The molecule has 2 aromatic rings. The monoisotopic (exact) mass is 323 g/mol. The average Bonchev–Trinajstić information content (AvgIpc) is 3.07. The Morgan fingerprint density at radius 3 is 2.89 bits per heavy atom. The standard InChI is InChI=1S/C12H10BrN3O3/c13-10-2-1-9(18-10)11-15-8(5-14)12(19-11)16-4-3-7(17)6-16/h1-2,7,17H,3-4,6H2/t7-/m1/s1. The van der Waals surface area contributed by atoms with Crippen LogP contribution in [-0.2, 0) is 0 Å². The fourth-order valence-corrected chi connectivity index (χ4v) is 2.37. The summed E-state index contributed by atoms with van der Waals surface area (Å²) in [5.41, 5.74) is 0.205. The summed E-state index contributed by atoms with van der Waals surface area (Å²) in [6.07, 6.45) is 0.269. The van der Waals surface area contributed by atoms with Crippen LogP contribution < -0.4 is 4.90 Å². The predicted molar refractivity (Wildman–Crippen MR) is 69.5 cm³/mol. The molecule has 0 aromatic carbocycles. The van der Waals surface area contributed by atoms with Crippen molar-refractivity contribution in [1.82, 2.24) is 4.98 Å². The van der Waals surface area contributed by atoms with Crippen molar-refractivity contribution in [3.63, 3.8) is 0 Å². The SMILES string of the molecule is N#Cc1nc(-c2ccc(Br)o2)oc1N1CC[C@@H](O)C1. The molecule has 1 saturated heterocycles. The summed E-state index contributed by atoms with van der Waals surface area (Å²) in [7, 11) is 0. The van der Waals surface area contributed by atoms with E-state index in [-0.39, 0.29) is 11.6 Å². The van der Waals surface area contributed by atoms with Gasteiger partial charge in [0.2, 0.25) is 11.6 Å². The number of nitriles is 1. The molecule has 3 rings (SSSR count). The number of aromatic nitrogens is 1. The smallest absolute Gasteiger partial charge is 0.266 e. The number of nitrogens with zero attached hydrogens (tertiary/aromatic N) is 3. The van der Waals surface area contributed by atoms with Gasteiger partial charge < -0.3 is 18.8 Å². The summed E-state index contributed by atoms with van der Waals surface area (Å²) < 4.78 is 11.5. The van der Waals surface area contributed by atoms with Crippen LogP contribution in [0, 0.1) is 11.3 Å². The first-order valence-electron chi connectivity index (χ1n) is 5.77. The lowest BCUT2D eigenvalue weighted by molar-refractivity contribution is 0.198. The molecule has 3 heterocycles. The van der Waals surface area contributed by atoms with E-state index in [4.69, 9.17) is 14.1 Å². The third-order valence-corrected chi connectivity index (χ3v) is 3.38. The van der Waals surface area contributed by atoms with E-state index in [1.165, 1.54) is 0 Å². The number of rotatable bonds is 2. The first kappa shape index (κ1) is 12.3. The van der Waals surface area contributed by atoms with Crippen molar-refractivity contribution in [2.75, 3.05) is 18.0 Å². The Balaban J connectivity index is 1.97. The zero-order valence-electron chi connectivity index (χ0n) is 9.84. The van der Waals surface area contributed by atoms with Gasteiger partial charge in [0.1, 0.15) is 6.07 Å². The van der Waals surface area contributed by atoms with Crippen LogP contribution >= 0.6 is 15.9 Å². The zero-order chi connectivity index (χ0) is 13.4. The molecule has 0 amide bonds. The van der Waals surface area contributed by atoms with E-state index in [0.29, 0.717) is 35.8 Å². The van der Waals surface area contributed by atoms with Crippen molar-refractivity contribution in [3.05, 3.63) is 22.5 Å². The van der Waals surface area contributed by atoms with Gasteiger partial charge in [0.25, 0.3) is 5.89 Å². The molecular formula is C12H10BrN3O3. The van der Waals surface area contributed by atoms with Crippen LogP contribution in [0.4, 0.5) is 5.88 Å². The number of halogens is 1. The Morgan fingerprint density at radius 2 is 2.32 bits per heavy atom. The quantitative estimate of drug-likeness (QED) is 0.911. The van der Waals surface area contributed by atoms with Crippen molar-refractivity contribution in [3.8, 4) is 17.7 Å². The van der Waals surface area contributed by atoms with Gasteiger partial charge in [0.15, 0.2) is 10.4 Å². The molecule has 7 heteroatoms. The van der Waals surface area contributed by atoms with Crippen LogP contribution in [0.3, 0.4) is 0 Å². The van der Waals surface area contributed by atoms with Crippen LogP contribution in [-0.4, -0.2) is 29.3 Å². The van der Waals surface area contributed by atoms with Crippen molar-refractivity contribution >= 4 is 21.8 Å². The summed E-state index contributed by atoms with van der Waals surface area (Å²) in [5.74, 6) is 1.11. The average molecular weight is 324 g/mol. The number of β-amino-alcohol motifs (C(OH)–C–C–N with tert-alkyl or cyclic N) is 1. The maximum atomic E-state index is 9.54. The molecule has 0 radical (unpaired) electrons. The molecule has 1 atom stereocenters. The van der Waals surface area contributed by atoms with Crippen LogP contribution in [0.1, 0.15) is 12.1 Å². The molecule has 2 aromatic heterocycles. The molecule has 19 heavy (non-hydrogen) atoms. The minimum Gasteiger partial charge on any atom is -0.444 e. The molecule has 0 unspecified atom stereocenters. The number of furan rings is 1. The first-order chi connectivity index (χ1) is 9.17. The van der Waals surface area contributed by atoms with Crippen LogP contribution in [0.15, 0.2) is 25.6 Å². The predicted octanol–water partition coefficient (Wildman–Crippen LogP) is 2.14. The van der Waals surface area contributed by atoms with E-state index in [1.54, 1.807) is 12.1 Å². The highest BCUT2D eigenvalue weighted by molar-refractivity contribution is 9.10. The Hall–Kier alpha value is -1.78. The summed E-state index contributed by atoms with van der Waals surface area (Å²) >= 11 is 3.20.